The highest BCUT2D eigenvalue weighted by Crippen LogP contribution is 2.20. The number of rotatable bonds is 10. The van der Waals surface area contributed by atoms with Crippen molar-refractivity contribution in [3.05, 3.63) is 23.4 Å². The molecule has 0 aromatic carbocycles. The number of ether oxygens (including phenoxy) is 1. The molecule has 7 heteroatoms. The molecular weight excluding hydrogens is 366 g/mol. The molecule has 1 aromatic rings. The first kappa shape index (κ1) is 23.3. The summed E-state index contributed by atoms with van der Waals surface area (Å²) in [5.41, 5.74) is 7.09. The Hall–Kier alpha value is -1.99. The Morgan fingerprint density at radius 2 is 2.07 bits per heavy atom. The van der Waals surface area contributed by atoms with Crippen molar-refractivity contribution in [2.24, 2.45) is 10.7 Å². The molecular formula is C22H37N5O2. The van der Waals surface area contributed by atoms with Gasteiger partial charge in [0.05, 0.1) is 11.7 Å². The van der Waals surface area contributed by atoms with E-state index in [0.717, 1.165) is 12.0 Å². The minimum absolute atomic E-state index is 0.0304. The first-order valence-electron chi connectivity index (χ1n) is 10.8. The van der Waals surface area contributed by atoms with Crippen molar-refractivity contribution in [1.82, 2.24) is 10.3 Å². The first-order valence-corrected chi connectivity index (χ1v) is 10.8. The topological polar surface area (TPSA) is 102 Å². The van der Waals surface area contributed by atoms with Crippen LogP contribution >= 0.6 is 0 Å². The number of methoxy groups -OCH3 is 1. The molecule has 2 rings (SSSR count). The molecule has 1 aliphatic carbocycles. The average molecular weight is 404 g/mol. The molecule has 1 saturated carbocycles. The SMILES string of the molecule is CCC(N)=NC(=O)c1cc(C)cnc1NCC(OC)C(CC)NC1CCCCC1. The molecule has 0 radical (unpaired) electrons. The van der Waals surface area contributed by atoms with E-state index in [2.05, 4.69) is 27.5 Å². The molecule has 2 unspecified atom stereocenters. The van der Waals surface area contributed by atoms with Crippen LogP contribution in [-0.4, -0.2) is 48.6 Å². The zero-order valence-electron chi connectivity index (χ0n) is 18.3. The molecule has 4 N–H and O–H groups in total. The minimum Gasteiger partial charge on any atom is -0.387 e. The maximum Gasteiger partial charge on any atom is 0.282 e. The van der Waals surface area contributed by atoms with Gasteiger partial charge in [-0.1, -0.05) is 33.1 Å². The monoisotopic (exact) mass is 403 g/mol. The van der Waals surface area contributed by atoms with E-state index < -0.39 is 0 Å². The van der Waals surface area contributed by atoms with Crippen LogP contribution in [0.3, 0.4) is 0 Å². The smallest absolute Gasteiger partial charge is 0.282 e. The third-order valence-electron chi connectivity index (χ3n) is 5.58. The van der Waals surface area contributed by atoms with Crippen LogP contribution in [0.25, 0.3) is 0 Å². The molecule has 0 saturated heterocycles. The quantitative estimate of drug-likeness (QED) is 0.409. The van der Waals surface area contributed by atoms with Gasteiger partial charge in [-0.2, -0.15) is 4.99 Å². The zero-order chi connectivity index (χ0) is 21.2. The predicted molar refractivity (Wildman–Crippen MR) is 119 cm³/mol. The Kier molecular flexibility index (Phi) is 9.54. The van der Waals surface area contributed by atoms with E-state index in [1.807, 2.05) is 13.8 Å². The second kappa shape index (κ2) is 11.9. The highest BCUT2D eigenvalue weighted by molar-refractivity contribution is 6.05. The lowest BCUT2D eigenvalue weighted by atomic mass is 9.94. The van der Waals surface area contributed by atoms with E-state index in [1.54, 1.807) is 19.4 Å². The largest absolute Gasteiger partial charge is 0.387 e. The van der Waals surface area contributed by atoms with Gasteiger partial charge >= 0.3 is 0 Å². The van der Waals surface area contributed by atoms with Crippen LogP contribution in [0.5, 0.6) is 0 Å². The average Bonchev–Trinajstić information content (AvgIpc) is 2.74. The van der Waals surface area contributed by atoms with E-state index in [1.165, 1.54) is 32.1 Å². The van der Waals surface area contributed by atoms with Crippen LogP contribution in [0.4, 0.5) is 5.82 Å². The molecule has 0 aliphatic heterocycles. The van der Waals surface area contributed by atoms with Gasteiger partial charge in [-0.05, 0) is 37.8 Å². The molecule has 0 spiro atoms. The maximum absolute atomic E-state index is 12.6. The molecule has 2 atom stereocenters. The Labute approximate surface area is 174 Å². The number of hydrogen-bond donors (Lipinski definition) is 3. The number of amidine groups is 1. The van der Waals surface area contributed by atoms with Crippen molar-refractivity contribution >= 4 is 17.6 Å². The molecule has 1 fully saturated rings. The van der Waals surface area contributed by atoms with E-state index in [0.29, 0.717) is 36.2 Å². The summed E-state index contributed by atoms with van der Waals surface area (Å²) in [6.07, 6.45) is 9.61. The van der Waals surface area contributed by atoms with Gasteiger partial charge in [-0.15, -0.1) is 0 Å². The van der Waals surface area contributed by atoms with Crippen molar-refractivity contribution in [2.45, 2.75) is 83.9 Å². The highest BCUT2D eigenvalue weighted by atomic mass is 16.5. The van der Waals surface area contributed by atoms with Gasteiger partial charge in [-0.3, -0.25) is 4.79 Å². The summed E-state index contributed by atoms with van der Waals surface area (Å²) in [6, 6.07) is 2.60. The summed E-state index contributed by atoms with van der Waals surface area (Å²) in [7, 11) is 1.73. The molecule has 1 aromatic heterocycles. The molecule has 1 aliphatic rings. The summed E-state index contributed by atoms with van der Waals surface area (Å²) in [4.78, 5) is 21.0. The zero-order valence-corrected chi connectivity index (χ0v) is 18.3. The number of carbonyl (C=O) groups is 1. The number of nitrogens with one attached hydrogen (secondary N) is 2. The standard InChI is InChI=1S/C22H37N5O2/c1-5-18(26-16-10-8-7-9-11-16)19(29-4)14-25-21-17(12-15(3)13-24-21)22(28)27-20(23)6-2/h12-13,16,18-19,26H,5-11,14H2,1-4H3,(H,24,25)(H2,23,27,28). The Morgan fingerprint density at radius 1 is 1.34 bits per heavy atom. The fourth-order valence-electron chi connectivity index (χ4n) is 3.79. The number of hydrogen-bond acceptors (Lipinski definition) is 5. The Balaban J connectivity index is 2.08. The molecule has 29 heavy (non-hydrogen) atoms. The molecule has 1 amide bonds. The lowest BCUT2D eigenvalue weighted by Gasteiger charge is -2.32. The van der Waals surface area contributed by atoms with Crippen molar-refractivity contribution in [3.8, 4) is 0 Å². The van der Waals surface area contributed by atoms with Gasteiger partial charge in [0.15, 0.2) is 0 Å². The van der Waals surface area contributed by atoms with E-state index in [9.17, 15) is 4.79 Å². The molecule has 0 bridgehead atoms. The van der Waals surface area contributed by atoms with Crippen molar-refractivity contribution in [1.29, 1.82) is 0 Å². The van der Waals surface area contributed by atoms with Crippen LogP contribution in [0.1, 0.15) is 74.7 Å². The van der Waals surface area contributed by atoms with Gasteiger partial charge < -0.3 is 21.1 Å². The van der Waals surface area contributed by atoms with Crippen molar-refractivity contribution < 1.29 is 9.53 Å². The fourth-order valence-corrected chi connectivity index (χ4v) is 3.79. The number of aryl methyl sites for hydroxylation is 1. The lowest BCUT2D eigenvalue weighted by Crippen LogP contribution is -2.49. The second-order valence-corrected chi connectivity index (χ2v) is 7.84. The Morgan fingerprint density at radius 3 is 2.69 bits per heavy atom. The predicted octanol–water partition coefficient (Wildman–Crippen LogP) is 3.43. The first-order chi connectivity index (χ1) is 14.0. The number of carbonyl (C=O) groups excluding carboxylic acids is 1. The van der Waals surface area contributed by atoms with Gasteiger partial charge in [0.1, 0.15) is 11.7 Å². The number of pyridine rings is 1. The lowest BCUT2D eigenvalue weighted by molar-refractivity contribution is 0.0698. The van der Waals surface area contributed by atoms with Gasteiger partial charge in [0.2, 0.25) is 0 Å². The minimum atomic E-state index is -0.371. The van der Waals surface area contributed by atoms with E-state index >= 15 is 0 Å². The second-order valence-electron chi connectivity index (χ2n) is 7.84. The maximum atomic E-state index is 12.6. The summed E-state index contributed by atoms with van der Waals surface area (Å²) >= 11 is 0. The third-order valence-corrected chi connectivity index (χ3v) is 5.58. The van der Waals surface area contributed by atoms with Crippen molar-refractivity contribution in [3.63, 3.8) is 0 Å². The number of nitrogens with two attached hydrogens (primary N) is 1. The van der Waals surface area contributed by atoms with E-state index in [4.69, 9.17) is 10.5 Å². The number of anilines is 1. The summed E-state index contributed by atoms with van der Waals surface area (Å²) in [6.45, 7) is 6.50. The fraction of sp³-hybridized carbons (Fsp3) is 0.682. The molecule has 162 valence electrons. The summed E-state index contributed by atoms with van der Waals surface area (Å²) in [5, 5.41) is 7.09. The number of aromatic nitrogens is 1. The molecule has 7 nitrogen and oxygen atoms in total. The van der Waals surface area contributed by atoms with Crippen LogP contribution in [-0.2, 0) is 4.74 Å². The Bertz CT molecular complexity index is 686. The highest BCUT2D eigenvalue weighted by Gasteiger charge is 2.24. The summed E-state index contributed by atoms with van der Waals surface area (Å²) < 4.78 is 5.79. The molecule has 1 heterocycles. The normalized spacial score (nSPS) is 17.7. The number of amides is 1. The van der Waals surface area contributed by atoms with Gasteiger partial charge in [0.25, 0.3) is 5.91 Å². The van der Waals surface area contributed by atoms with Crippen molar-refractivity contribution in [2.75, 3.05) is 19.0 Å². The van der Waals surface area contributed by atoms with Crippen LogP contribution in [0.2, 0.25) is 0 Å². The summed E-state index contributed by atoms with van der Waals surface area (Å²) in [5.74, 6) is 0.465. The van der Waals surface area contributed by atoms with Crippen LogP contribution in [0.15, 0.2) is 17.3 Å². The van der Waals surface area contributed by atoms with Crippen LogP contribution < -0.4 is 16.4 Å². The third kappa shape index (κ3) is 7.08. The van der Waals surface area contributed by atoms with Gasteiger partial charge in [-0.25, -0.2) is 4.98 Å². The number of nitrogens with zero attached hydrogens (tertiary/aromatic N) is 2. The number of aliphatic imine (C=N–C) groups is 1. The van der Waals surface area contributed by atoms with Crippen LogP contribution in [0, 0.1) is 6.92 Å². The van der Waals surface area contributed by atoms with Gasteiger partial charge in [0, 0.05) is 38.4 Å². The van der Waals surface area contributed by atoms with E-state index in [-0.39, 0.29) is 18.1 Å².